The van der Waals surface area contributed by atoms with Gasteiger partial charge in [0.1, 0.15) is 0 Å². The molecule has 1 heterocycles. The van der Waals surface area contributed by atoms with Crippen LogP contribution in [0.4, 0.5) is 0 Å². The van der Waals surface area contributed by atoms with Crippen LogP contribution in [0.5, 0.6) is 0 Å². The van der Waals surface area contributed by atoms with E-state index in [0.29, 0.717) is 5.56 Å². The van der Waals surface area contributed by atoms with Gasteiger partial charge in [-0.25, -0.2) is 4.79 Å². The molecule has 0 amide bonds. The number of hydrogen-bond acceptors (Lipinski definition) is 2. The molecule has 1 N–H and O–H groups in total. The lowest BCUT2D eigenvalue weighted by molar-refractivity contribution is 0.0697. The lowest BCUT2D eigenvalue weighted by Crippen LogP contribution is -1.99. The van der Waals surface area contributed by atoms with Crippen molar-refractivity contribution in [2.75, 3.05) is 0 Å². The minimum Gasteiger partial charge on any atom is -0.478 e. The van der Waals surface area contributed by atoms with Crippen LogP contribution in [0, 0.1) is 0 Å². The highest BCUT2D eigenvalue weighted by atomic mass is 79.9. The van der Waals surface area contributed by atoms with Crippen LogP contribution in [0.2, 0.25) is 0 Å². The quantitative estimate of drug-likeness (QED) is 0.449. The van der Waals surface area contributed by atoms with Crippen LogP contribution in [0.15, 0.2) is 65.1 Å². The van der Waals surface area contributed by atoms with Gasteiger partial charge in [-0.1, -0.05) is 58.4 Å². The third-order valence-electron chi connectivity index (χ3n) is 3.91. The number of carbonyl (C=O) groups is 1. The minimum atomic E-state index is -0.917. The molecule has 2 nitrogen and oxygen atoms in total. The maximum absolute atomic E-state index is 11.6. The number of thiophene rings is 1. The molecule has 23 heavy (non-hydrogen) atoms. The summed E-state index contributed by atoms with van der Waals surface area (Å²) in [5.74, 6) is -0.917. The molecule has 0 atom stereocenters. The highest BCUT2D eigenvalue weighted by Gasteiger charge is 2.16. The SMILES string of the molecule is O=C(O)c1cc(Br)ccc1-c1cccc2c1sc1ccccc12. The molecule has 0 spiro atoms. The van der Waals surface area contributed by atoms with E-state index in [2.05, 4.69) is 34.1 Å². The van der Waals surface area contributed by atoms with Crippen molar-refractivity contribution in [3.63, 3.8) is 0 Å². The first-order valence-electron chi connectivity index (χ1n) is 7.08. The van der Waals surface area contributed by atoms with Gasteiger partial charge >= 0.3 is 5.97 Å². The highest BCUT2D eigenvalue weighted by molar-refractivity contribution is 9.10. The van der Waals surface area contributed by atoms with E-state index in [1.54, 1.807) is 17.4 Å². The summed E-state index contributed by atoms with van der Waals surface area (Å²) in [6.07, 6.45) is 0. The monoisotopic (exact) mass is 382 g/mol. The van der Waals surface area contributed by atoms with Gasteiger partial charge in [0.05, 0.1) is 5.56 Å². The molecule has 0 saturated heterocycles. The Balaban J connectivity index is 2.09. The zero-order chi connectivity index (χ0) is 16.0. The maximum Gasteiger partial charge on any atom is 0.336 e. The van der Waals surface area contributed by atoms with Crippen molar-refractivity contribution in [3.05, 3.63) is 70.7 Å². The summed E-state index contributed by atoms with van der Waals surface area (Å²) in [5.41, 5.74) is 2.02. The van der Waals surface area contributed by atoms with E-state index in [4.69, 9.17) is 0 Å². The second-order valence-electron chi connectivity index (χ2n) is 5.28. The second kappa shape index (κ2) is 5.48. The van der Waals surface area contributed by atoms with Crippen LogP contribution in [0.25, 0.3) is 31.3 Å². The van der Waals surface area contributed by atoms with Crippen LogP contribution >= 0.6 is 27.3 Å². The maximum atomic E-state index is 11.6. The number of benzene rings is 3. The van der Waals surface area contributed by atoms with E-state index in [1.807, 2.05) is 36.4 Å². The summed E-state index contributed by atoms with van der Waals surface area (Å²) in [6.45, 7) is 0. The molecular formula is C19H11BrO2S. The van der Waals surface area contributed by atoms with Crippen molar-refractivity contribution in [1.82, 2.24) is 0 Å². The molecule has 4 heteroatoms. The van der Waals surface area contributed by atoms with Crippen molar-refractivity contribution in [2.24, 2.45) is 0 Å². The lowest BCUT2D eigenvalue weighted by atomic mass is 9.98. The largest absolute Gasteiger partial charge is 0.478 e. The standard InChI is InChI=1S/C19H11BrO2S/c20-11-8-9-12(16(10-11)19(21)22)14-5-3-6-15-13-4-1-2-7-17(13)23-18(14)15/h1-10H,(H,21,22). The Kier molecular flexibility index (Phi) is 3.43. The van der Waals surface area contributed by atoms with Crippen molar-refractivity contribution in [2.45, 2.75) is 0 Å². The van der Waals surface area contributed by atoms with Gasteiger partial charge < -0.3 is 5.11 Å². The van der Waals surface area contributed by atoms with Gasteiger partial charge in [0, 0.05) is 30.2 Å². The first-order chi connectivity index (χ1) is 11.1. The summed E-state index contributed by atoms with van der Waals surface area (Å²) < 4.78 is 3.10. The highest BCUT2D eigenvalue weighted by Crippen LogP contribution is 2.40. The second-order valence-corrected chi connectivity index (χ2v) is 7.24. The molecular weight excluding hydrogens is 372 g/mol. The lowest BCUT2D eigenvalue weighted by Gasteiger charge is -2.08. The summed E-state index contributed by atoms with van der Waals surface area (Å²) >= 11 is 5.06. The molecule has 0 radical (unpaired) electrons. The van der Waals surface area contributed by atoms with Gasteiger partial charge in [0.2, 0.25) is 0 Å². The Morgan fingerprint density at radius 1 is 0.913 bits per heavy atom. The summed E-state index contributed by atoms with van der Waals surface area (Å²) in [5, 5.41) is 11.9. The average Bonchev–Trinajstić information content (AvgIpc) is 2.93. The van der Waals surface area contributed by atoms with Gasteiger partial charge in [-0.3, -0.25) is 0 Å². The molecule has 112 valence electrons. The van der Waals surface area contributed by atoms with Gasteiger partial charge in [0.15, 0.2) is 0 Å². The van der Waals surface area contributed by atoms with Crippen LogP contribution in [-0.4, -0.2) is 11.1 Å². The number of hydrogen-bond donors (Lipinski definition) is 1. The molecule has 0 aliphatic carbocycles. The van der Waals surface area contributed by atoms with Crippen LogP contribution in [0.1, 0.15) is 10.4 Å². The Morgan fingerprint density at radius 3 is 2.52 bits per heavy atom. The normalized spacial score (nSPS) is 11.2. The fraction of sp³-hybridized carbons (Fsp3) is 0. The van der Waals surface area contributed by atoms with Gasteiger partial charge in [-0.2, -0.15) is 0 Å². The Bertz CT molecular complexity index is 1070. The van der Waals surface area contributed by atoms with E-state index in [0.717, 1.165) is 20.3 Å². The topological polar surface area (TPSA) is 37.3 Å². The predicted molar refractivity (Wildman–Crippen MR) is 99.4 cm³/mol. The van der Waals surface area contributed by atoms with E-state index >= 15 is 0 Å². The zero-order valence-electron chi connectivity index (χ0n) is 11.9. The third-order valence-corrected chi connectivity index (χ3v) is 5.62. The summed E-state index contributed by atoms with van der Waals surface area (Å²) in [6, 6.07) is 19.8. The zero-order valence-corrected chi connectivity index (χ0v) is 14.3. The molecule has 0 bridgehead atoms. The Hall–Kier alpha value is -2.17. The first kappa shape index (κ1) is 14.4. The third kappa shape index (κ3) is 2.35. The number of carboxylic acid groups (broad SMARTS) is 1. The van der Waals surface area contributed by atoms with Gasteiger partial charge in [0.25, 0.3) is 0 Å². The number of rotatable bonds is 2. The van der Waals surface area contributed by atoms with Crippen LogP contribution in [-0.2, 0) is 0 Å². The average molecular weight is 383 g/mol. The van der Waals surface area contributed by atoms with E-state index in [-0.39, 0.29) is 0 Å². The van der Waals surface area contributed by atoms with Crippen LogP contribution in [0.3, 0.4) is 0 Å². The number of aromatic carboxylic acids is 1. The van der Waals surface area contributed by atoms with Crippen molar-refractivity contribution in [1.29, 1.82) is 0 Å². The molecule has 3 aromatic carbocycles. The first-order valence-corrected chi connectivity index (χ1v) is 8.69. The molecule has 0 saturated carbocycles. The van der Waals surface area contributed by atoms with Crippen molar-refractivity contribution >= 4 is 53.4 Å². The number of halogens is 1. The van der Waals surface area contributed by atoms with E-state index in [9.17, 15) is 9.90 Å². The molecule has 0 unspecified atom stereocenters. The fourth-order valence-corrected chi connectivity index (χ4v) is 4.48. The Labute approximate surface area is 145 Å². The van der Waals surface area contributed by atoms with E-state index < -0.39 is 5.97 Å². The smallest absolute Gasteiger partial charge is 0.336 e. The molecule has 4 rings (SSSR count). The molecule has 0 aliphatic heterocycles. The molecule has 4 aromatic rings. The predicted octanol–water partition coefficient (Wildman–Crippen LogP) is 6.18. The fourth-order valence-electron chi connectivity index (χ4n) is 2.89. The molecule has 1 aromatic heterocycles. The molecule has 0 aliphatic rings. The van der Waals surface area contributed by atoms with Crippen LogP contribution < -0.4 is 0 Å². The molecule has 0 fully saturated rings. The van der Waals surface area contributed by atoms with Gasteiger partial charge in [-0.05, 0) is 23.8 Å². The van der Waals surface area contributed by atoms with E-state index in [1.165, 1.54) is 15.5 Å². The Morgan fingerprint density at radius 2 is 1.70 bits per heavy atom. The summed E-state index contributed by atoms with van der Waals surface area (Å²) in [4.78, 5) is 11.6. The van der Waals surface area contributed by atoms with Gasteiger partial charge in [-0.15, -0.1) is 11.3 Å². The van der Waals surface area contributed by atoms with Crippen molar-refractivity contribution in [3.8, 4) is 11.1 Å². The minimum absolute atomic E-state index is 0.310. The number of carboxylic acids is 1. The summed E-state index contributed by atoms with van der Waals surface area (Å²) in [7, 11) is 0. The van der Waals surface area contributed by atoms with Crippen molar-refractivity contribution < 1.29 is 9.90 Å². The number of fused-ring (bicyclic) bond motifs is 3.